The van der Waals surface area contributed by atoms with Gasteiger partial charge in [0.1, 0.15) is 5.82 Å². The van der Waals surface area contributed by atoms with Gasteiger partial charge in [0.15, 0.2) is 0 Å². The molecule has 0 radical (unpaired) electrons. The number of carbonyl (C=O) groups excluding carboxylic acids is 1. The van der Waals surface area contributed by atoms with Gasteiger partial charge in [-0.15, -0.1) is 0 Å². The number of urea groups is 1. The minimum atomic E-state index is -0.701. The Hall–Kier alpha value is -2.11. The number of aromatic nitrogens is 1. The van der Waals surface area contributed by atoms with E-state index in [0.29, 0.717) is 11.3 Å². The van der Waals surface area contributed by atoms with E-state index >= 15 is 0 Å². The zero-order valence-corrected chi connectivity index (χ0v) is 6.74. The summed E-state index contributed by atoms with van der Waals surface area (Å²) in [5.41, 5.74) is 11.2. The Bertz CT molecular complexity index is 349. The van der Waals surface area contributed by atoms with E-state index in [-0.39, 0.29) is 5.82 Å². The third-order valence-corrected chi connectivity index (χ3v) is 1.38. The first-order chi connectivity index (χ1) is 6.13. The number of nitrogens with two attached hydrogens (primary N) is 2. The SMILES string of the molecule is N=Cc1cc(NC(N)=O)ncc1N. The first-order valence-electron chi connectivity index (χ1n) is 3.46. The second-order valence-corrected chi connectivity index (χ2v) is 2.33. The number of nitrogens with one attached hydrogen (secondary N) is 2. The molecule has 2 amide bonds. The molecule has 1 rings (SSSR count). The van der Waals surface area contributed by atoms with Gasteiger partial charge in [0.2, 0.25) is 0 Å². The average Bonchev–Trinajstić information content (AvgIpc) is 2.07. The standard InChI is InChI=1S/C7H9N5O/c8-2-4-1-6(12-7(10)13)11-3-5(4)9/h1-3,8H,9H2,(H3,10,11,12,13). The number of amides is 2. The summed E-state index contributed by atoms with van der Waals surface area (Å²) in [7, 11) is 0. The number of hydrogen-bond donors (Lipinski definition) is 4. The van der Waals surface area contributed by atoms with E-state index in [4.69, 9.17) is 16.9 Å². The lowest BCUT2D eigenvalue weighted by molar-refractivity contribution is 0.259. The van der Waals surface area contributed by atoms with Crippen LogP contribution < -0.4 is 16.8 Å². The summed E-state index contributed by atoms with van der Waals surface area (Å²) in [6.07, 6.45) is 2.43. The molecule has 0 aromatic carbocycles. The molecule has 0 aliphatic heterocycles. The molecule has 0 bridgehead atoms. The van der Waals surface area contributed by atoms with Gasteiger partial charge in [0, 0.05) is 11.8 Å². The highest BCUT2D eigenvalue weighted by molar-refractivity contribution is 5.90. The largest absolute Gasteiger partial charge is 0.397 e. The van der Waals surface area contributed by atoms with Crippen molar-refractivity contribution in [2.45, 2.75) is 0 Å². The maximum Gasteiger partial charge on any atom is 0.317 e. The van der Waals surface area contributed by atoms with Crippen LogP contribution in [-0.4, -0.2) is 17.2 Å². The van der Waals surface area contributed by atoms with Crippen molar-refractivity contribution < 1.29 is 4.79 Å². The quantitative estimate of drug-likeness (QED) is 0.484. The number of nitrogens with zero attached hydrogens (tertiary/aromatic N) is 1. The third-order valence-electron chi connectivity index (χ3n) is 1.38. The molecule has 0 saturated heterocycles. The number of hydrogen-bond acceptors (Lipinski definition) is 4. The summed E-state index contributed by atoms with van der Waals surface area (Å²) in [4.78, 5) is 14.2. The zero-order chi connectivity index (χ0) is 9.84. The maximum absolute atomic E-state index is 10.4. The molecule has 6 N–H and O–H groups in total. The topological polar surface area (TPSA) is 118 Å². The number of pyridine rings is 1. The Labute approximate surface area is 74.5 Å². The predicted octanol–water partition coefficient (Wildman–Crippen LogP) is 0.152. The summed E-state index contributed by atoms with van der Waals surface area (Å²) in [5, 5.41) is 9.26. The van der Waals surface area contributed by atoms with Gasteiger partial charge in [0.05, 0.1) is 11.9 Å². The van der Waals surface area contributed by atoms with Crippen LogP contribution in [0.3, 0.4) is 0 Å². The third kappa shape index (κ3) is 2.16. The summed E-state index contributed by atoms with van der Waals surface area (Å²) in [6.45, 7) is 0. The molecule has 1 heterocycles. The maximum atomic E-state index is 10.4. The van der Waals surface area contributed by atoms with Crippen LogP contribution in [0.4, 0.5) is 16.3 Å². The van der Waals surface area contributed by atoms with Crippen molar-refractivity contribution in [2.24, 2.45) is 5.73 Å². The molecule has 6 nitrogen and oxygen atoms in total. The van der Waals surface area contributed by atoms with E-state index in [9.17, 15) is 4.79 Å². The van der Waals surface area contributed by atoms with Gasteiger partial charge in [-0.3, -0.25) is 5.32 Å². The molecule has 0 saturated carbocycles. The van der Waals surface area contributed by atoms with Crippen molar-refractivity contribution in [3.05, 3.63) is 17.8 Å². The van der Waals surface area contributed by atoms with Crippen LogP contribution in [0.5, 0.6) is 0 Å². The molecule has 0 atom stereocenters. The normalized spacial score (nSPS) is 9.23. The number of primary amides is 1. The lowest BCUT2D eigenvalue weighted by atomic mass is 10.2. The van der Waals surface area contributed by atoms with E-state index in [0.717, 1.165) is 6.21 Å². The predicted molar refractivity (Wildman–Crippen MR) is 49.7 cm³/mol. The van der Waals surface area contributed by atoms with Gasteiger partial charge in [0.25, 0.3) is 0 Å². The average molecular weight is 179 g/mol. The Balaban J connectivity index is 2.99. The van der Waals surface area contributed by atoms with Crippen molar-refractivity contribution in [1.29, 1.82) is 5.41 Å². The molecule has 0 spiro atoms. The molecule has 6 heteroatoms. The van der Waals surface area contributed by atoms with Gasteiger partial charge >= 0.3 is 6.03 Å². The van der Waals surface area contributed by atoms with E-state index < -0.39 is 6.03 Å². The van der Waals surface area contributed by atoms with Crippen LogP contribution in [0.1, 0.15) is 5.56 Å². The van der Waals surface area contributed by atoms with Crippen molar-refractivity contribution in [3.63, 3.8) is 0 Å². The number of anilines is 2. The first kappa shape index (κ1) is 8.98. The van der Waals surface area contributed by atoms with Gasteiger partial charge in [-0.25, -0.2) is 9.78 Å². The molecule has 0 aliphatic rings. The highest BCUT2D eigenvalue weighted by atomic mass is 16.2. The summed E-state index contributed by atoms with van der Waals surface area (Å²) >= 11 is 0. The highest BCUT2D eigenvalue weighted by Crippen LogP contribution is 2.11. The van der Waals surface area contributed by atoms with Crippen molar-refractivity contribution in [2.75, 3.05) is 11.1 Å². The van der Waals surface area contributed by atoms with E-state index in [1.165, 1.54) is 12.3 Å². The Morgan fingerprint density at radius 2 is 2.38 bits per heavy atom. The monoisotopic (exact) mass is 179 g/mol. The lowest BCUT2D eigenvalue weighted by Crippen LogP contribution is -2.20. The molecule has 0 aliphatic carbocycles. The highest BCUT2D eigenvalue weighted by Gasteiger charge is 2.01. The molecular formula is C7H9N5O. The molecule has 68 valence electrons. The Kier molecular flexibility index (Phi) is 2.44. The van der Waals surface area contributed by atoms with Crippen molar-refractivity contribution in [3.8, 4) is 0 Å². The molecule has 1 aromatic rings. The van der Waals surface area contributed by atoms with Crippen LogP contribution in [0.2, 0.25) is 0 Å². The summed E-state index contributed by atoms with van der Waals surface area (Å²) in [5.74, 6) is 0.278. The van der Waals surface area contributed by atoms with Crippen LogP contribution in [0.25, 0.3) is 0 Å². The fourth-order valence-electron chi connectivity index (χ4n) is 0.801. The fourth-order valence-corrected chi connectivity index (χ4v) is 0.801. The van der Waals surface area contributed by atoms with Crippen molar-refractivity contribution >= 4 is 23.8 Å². The van der Waals surface area contributed by atoms with Crippen LogP contribution in [-0.2, 0) is 0 Å². The molecule has 0 unspecified atom stereocenters. The van der Waals surface area contributed by atoms with Gasteiger partial charge in [-0.05, 0) is 6.07 Å². The smallest absolute Gasteiger partial charge is 0.317 e. The number of rotatable bonds is 2. The molecule has 0 fully saturated rings. The molecular weight excluding hydrogens is 170 g/mol. The molecule has 1 aromatic heterocycles. The Morgan fingerprint density at radius 1 is 1.69 bits per heavy atom. The summed E-state index contributed by atoms with van der Waals surface area (Å²) in [6, 6.07) is 0.765. The minimum Gasteiger partial charge on any atom is -0.397 e. The van der Waals surface area contributed by atoms with E-state index in [1.807, 2.05) is 0 Å². The van der Waals surface area contributed by atoms with Gasteiger partial charge in [-0.2, -0.15) is 0 Å². The number of nitrogen functional groups attached to an aromatic ring is 1. The second kappa shape index (κ2) is 3.53. The van der Waals surface area contributed by atoms with Crippen molar-refractivity contribution in [1.82, 2.24) is 4.98 Å². The number of carbonyl (C=O) groups is 1. The van der Waals surface area contributed by atoms with Gasteiger partial charge in [-0.1, -0.05) is 0 Å². The summed E-state index contributed by atoms with van der Waals surface area (Å²) < 4.78 is 0. The van der Waals surface area contributed by atoms with Crippen LogP contribution in [0.15, 0.2) is 12.3 Å². The minimum absolute atomic E-state index is 0.278. The lowest BCUT2D eigenvalue weighted by Gasteiger charge is -2.03. The van der Waals surface area contributed by atoms with Crippen LogP contribution in [0, 0.1) is 5.41 Å². The molecule has 13 heavy (non-hydrogen) atoms. The van der Waals surface area contributed by atoms with Gasteiger partial charge < -0.3 is 16.9 Å². The Morgan fingerprint density at radius 3 is 2.92 bits per heavy atom. The van der Waals surface area contributed by atoms with Crippen LogP contribution >= 0.6 is 0 Å². The fraction of sp³-hybridized carbons (Fsp3) is 0. The second-order valence-electron chi connectivity index (χ2n) is 2.33. The zero-order valence-electron chi connectivity index (χ0n) is 6.74. The first-order valence-corrected chi connectivity index (χ1v) is 3.46. The van der Waals surface area contributed by atoms with E-state index in [1.54, 1.807) is 0 Å². The van der Waals surface area contributed by atoms with E-state index in [2.05, 4.69) is 10.3 Å².